The first kappa shape index (κ1) is 13.7. The van der Waals surface area contributed by atoms with Gasteiger partial charge in [-0.1, -0.05) is 29.3 Å². The number of fused-ring (bicyclic) bond motifs is 1. The van der Waals surface area contributed by atoms with Crippen LogP contribution in [-0.4, -0.2) is 5.11 Å². The second-order valence-corrected chi connectivity index (χ2v) is 5.55. The Morgan fingerprint density at radius 1 is 1.10 bits per heavy atom. The third-order valence-corrected chi connectivity index (χ3v) is 3.91. The fourth-order valence-electron chi connectivity index (χ4n) is 2.37. The highest BCUT2D eigenvalue weighted by Crippen LogP contribution is 2.42. The van der Waals surface area contributed by atoms with Gasteiger partial charge in [-0.2, -0.15) is 0 Å². The van der Waals surface area contributed by atoms with Crippen molar-refractivity contribution in [3.63, 3.8) is 0 Å². The lowest BCUT2D eigenvalue weighted by molar-refractivity contribution is 0.0654. The van der Waals surface area contributed by atoms with Gasteiger partial charge in [-0.25, -0.2) is 4.39 Å². The molecule has 1 heterocycles. The molecule has 1 unspecified atom stereocenters. The van der Waals surface area contributed by atoms with E-state index in [1.807, 2.05) is 0 Å². The fraction of sp³-hybridized carbons (Fsp3) is 0.200. The van der Waals surface area contributed by atoms with E-state index in [1.54, 1.807) is 18.2 Å². The number of halogens is 3. The van der Waals surface area contributed by atoms with Crippen LogP contribution in [-0.2, 0) is 0 Å². The molecule has 0 aromatic heterocycles. The van der Waals surface area contributed by atoms with E-state index < -0.39 is 18.0 Å². The summed E-state index contributed by atoms with van der Waals surface area (Å²) in [6.07, 6.45) is -0.778. The van der Waals surface area contributed by atoms with Gasteiger partial charge < -0.3 is 9.84 Å². The third-order valence-electron chi connectivity index (χ3n) is 3.35. The molecular weight excluding hydrogens is 302 g/mol. The van der Waals surface area contributed by atoms with Crippen LogP contribution in [0.1, 0.15) is 29.8 Å². The zero-order valence-electron chi connectivity index (χ0n) is 10.3. The van der Waals surface area contributed by atoms with Gasteiger partial charge in [0, 0.05) is 33.7 Å². The Bertz CT molecular complexity index is 660. The number of hydrogen-bond acceptors (Lipinski definition) is 2. The molecule has 3 rings (SSSR count). The maximum absolute atomic E-state index is 13.3. The number of hydrogen-bond donors (Lipinski definition) is 1. The molecule has 0 amide bonds. The van der Waals surface area contributed by atoms with Crippen molar-refractivity contribution in [1.82, 2.24) is 0 Å². The highest BCUT2D eigenvalue weighted by Gasteiger charge is 2.29. The van der Waals surface area contributed by atoms with E-state index >= 15 is 0 Å². The number of ether oxygens (including phenoxy) is 1. The quantitative estimate of drug-likeness (QED) is 0.827. The average Bonchev–Trinajstić information content (AvgIpc) is 2.37. The molecule has 2 aromatic rings. The molecule has 1 aliphatic heterocycles. The maximum Gasteiger partial charge on any atom is 0.128 e. The molecule has 0 spiro atoms. The van der Waals surface area contributed by atoms with Gasteiger partial charge in [0.05, 0.1) is 6.10 Å². The number of aliphatic hydroxyl groups excluding tert-OH is 1. The van der Waals surface area contributed by atoms with Crippen molar-refractivity contribution in [3.05, 3.63) is 63.4 Å². The number of benzene rings is 2. The van der Waals surface area contributed by atoms with Crippen molar-refractivity contribution in [1.29, 1.82) is 0 Å². The van der Waals surface area contributed by atoms with E-state index in [1.165, 1.54) is 18.2 Å². The summed E-state index contributed by atoms with van der Waals surface area (Å²) in [7, 11) is 0. The first-order valence-corrected chi connectivity index (χ1v) is 6.89. The summed E-state index contributed by atoms with van der Waals surface area (Å²) in [5.74, 6) is -0.0569. The van der Waals surface area contributed by atoms with Crippen LogP contribution in [0.3, 0.4) is 0 Å². The Morgan fingerprint density at radius 3 is 2.60 bits per heavy atom. The minimum absolute atomic E-state index is 0.347. The summed E-state index contributed by atoms with van der Waals surface area (Å²) in [5.41, 5.74) is 1.32. The molecule has 20 heavy (non-hydrogen) atoms. The van der Waals surface area contributed by atoms with Gasteiger partial charge in [-0.3, -0.25) is 0 Å². The molecular formula is C15H11Cl2FO2. The second-order valence-electron chi connectivity index (χ2n) is 4.71. The SMILES string of the molecule is O[C@H]1CC(c2ccc(Cl)cc2Cl)Oc2cc(F)ccc21. The van der Waals surface area contributed by atoms with E-state index in [9.17, 15) is 9.50 Å². The van der Waals surface area contributed by atoms with Gasteiger partial charge in [0.2, 0.25) is 0 Å². The summed E-state index contributed by atoms with van der Waals surface area (Å²) in [6, 6.07) is 9.20. The smallest absolute Gasteiger partial charge is 0.128 e. The van der Waals surface area contributed by atoms with Crippen molar-refractivity contribution in [2.75, 3.05) is 0 Å². The fourth-order valence-corrected chi connectivity index (χ4v) is 2.90. The lowest BCUT2D eigenvalue weighted by atomic mass is 9.95. The van der Waals surface area contributed by atoms with E-state index in [2.05, 4.69) is 0 Å². The highest BCUT2D eigenvalue weighted by molar-refractivity contribution is 6.35. The Morgan fingerprint density at radius 2 is 1.85 bits per heavy atom. The molecule has 2 atom stereocenters. The van der Waals surface area contributed by atoms with Gasteiger partial charge in [0.15, 0.2) is 0 Å². The van der Waals surface area contributed by atoms with Crippen LogP contribution in [0, 0.1) is 5.82 Å². The van der Waals surface area contributed by atoms with Gasteiger partial charge in [-0.05, 0) is 24.3 Å². The number of rotatable bonds is 1. The molecule has 2 nitrogen and oxygen atoms in total. The Labute approximate surface area is 125 Å². The largest absolute Gasteiger partial charge is 0.485 e. The van der Waals surface area contributed by atoms with Gasteiger partial charge in [-0.15, -0.1) is 0 Å². The predicted molar refractivity (Wildman–Crippen MR) is 75.8 cm³/mol. The molecule has 0 aliphatic carbocycles. The topological polar surface area (TPSA) is 29.5 Å². The number of aliphatic hydroxyl groups is 1. The third kappa shape index (κ3) is 2.49. The summed E-state index contributed by atoms with van der Waals surface area (Å²) >= 11 is 12.0. The lowest BCUT2D eigenvalue weighted by Crippen LogP contribution is -2.19. The molecule has 2 aromatic carbocycles. The lowest BCUT2D eigenvalue weighted by Gasteiger charge is -2.30. The summed E-state index contributed by atoms with van der Waals surface area (Å²) < 4.78 is 19.0. The van der Waals surface area contributed by atoms with Crippen LogP contribution >= 0.6 is 23.2 Å². The van der Waals surface area contributed by atoms with Gasteiger partial charge in [0.25, 0.3) is 0 Å². The molecule has 0 fully saturated rings. The van der Waals surface area contributed by atoms with Crippen LogP contribution in [0.25, 0.3) is 0 Å². The van der Waals surface area contributed by atoms with Crippen molar-refractivity contribution < 1.29 is 14.2 Å². The van der Waals surface area contributed by atoms with E-state index in [4.69, 9.17) is 27.9 Å². The monoisotopic (exact) mass is 312 g/mol. The molecule has 104 valence electrons. The summed E-state index contributed by atoms with van der Waals surface area (Å²) in [5, 5.41) is 11.2. The van der Waals surface area contributed by atoms with Crippen LogP contribution < -0.4 is 4.74 Å². The first-order valence-electron chi connectivity index (χ1n) is 6.13. The van der Waals surface area contributed by atoms with Gasteiger partial charge in [0.1, 0.15) is 17.7 Å². The van der Waals surface area contributed by atoms with Crippen LogP contribution in [0.15, 0.2) is 36.4 Å². The normalized spacial score (nSPS) is 21.2. The zero-order valence-corrected chi connectivity index (χ0v) is 11.8. The second kappa shape index (κ2) is 5.24. The van der Waals surface area contributed by atoms with E-state index in [0.717, 1.165) is 5.56 Å². The van der Waals surface area contributed by atoms with E-state index in [-0.39, 0.29) is 0 Å². The van der Waals surface area contributed by atoms with Crippen LogP contribution in [0.2, 0.25) is 10.0 Å². The maximum atomic E-state index is 13.3. The molecule has 5 heteroatoms. The molecule has 1 N–H and O–H groups in total. The van der Waals surface area contributed by atoms with Crippen LogP contribution in [0.4, 0.5) is 4.39 Å². The van der Waals surface area contributed by atoms with Crippen molar-refractivity contribution >= 4 is 23.2 Å². The predicted octanol–water partition coefficient (Wildman–Crippen LogP) is 4.69. The standard InChI is InChI=1S/C15H11Cl2FO2/c16-8-1-3-10(12(17)5-8)15-7-13(19)11-4-2-9(18)6-14(11)20-15/h1-6,13,15,19H,7H2/t13-,15?/m0/s1. The summed E-state index contributed by atoms with van der Waals surface area (Å²) in [6.45, 7) is 0. The molecule has 0 radical (unpaired) electrons. The molecule has 0 saturated carbocycles. The minimum atomic E-state index is -0.712. The summed E-state index contributed by atoms with van der Waals surface area (Å²) in [4.78, 5) is 0. The Kier molecular flexibility index (Phi) is 3.59. The molecule has 0 bridgehead atoms. The Hall–Kier alpha value is -1.29. The Balaban J connectivity index is 1.98. The first-order chi connectivity index (χ1) is 9.54. The zero-order chi connectivity index (χ0) is 14.3. The van der Waals surface area contributed by atoms with Crippen LogP contribution in [0.5, 0.6) is 5.75 Å². The minimum Gasteiger partial charge on any atom is -0.485 e. The molecule has 1 aliphatic rings. The van der Waals surface area contributed by atoms with Crippen molar-refractivity contribution in [3.8, 4) is 5.75 Å². The van der Waals surface area contributed by atoms with E-state index in [0.29, 0.717) is 27.8 Å². The van der Waals surface area contributed by atoms with Crippen molar-refractivity contribution in [2.24, 2.45) is 0 Å². The van der Waals surface area contributed by atoms with Gasteiger partial charge >= 0.3 is 0 Å². The van der Waals surface area contributed by atoms with Crippen molar-refractivity contribution in [2.45, 2.75) is 18.6 Å². The highest BCUT2D eigenvalue weighted by atomic mass is 35.5. The molecule has 0 saturated heterocycles. The average molecular weight is 313 g/mol.